The van der Waals surface area contributed by atoms with Crippen molar-refractivity contribution in [2.45, 2.75) is 25.7 Å². The molecule has 8 nitrogen and oxygen atoms in total. The van der Waals surface area contributed by atoms with Crippen molar-refractivity contribution in [1.82, 2.24) is 5.32 Å². The molecular weight excluding hydrogens is 600 g/mol. The van der Waals surface area contributed by atoms with Crippen molar-refractivity contribution in [3.05, 3.63) is 124 Å². The highest BCUT2D eigenvalue weighted by Gasteiger charge is 2.23. The molecule has 1 aromatic heterocycles. The zero-order valence-electron chi connectivity index (χ0n) is 23.9. The van der Waals surface area contributed by atoms with Crippen molar-refractivity contribution in [3.63, 3.8) is 0 Å². The molecule has 0 saturated carbocycles. The third-order valence-corrected chi connectivity index (χ3v) is 8.38. The van der Waals surface area contributed by atoms with Gasteiger partial charge in [-0.15, -0.1) is 0 Å². The van der Waals surface area contributed by atoms with Crippen molar-refractivity contribution >= 4 is 50.2 Å². The molecule has 0 fully saturated rings. The molecule has 1 atom stereocenters. The first-order valence-corrected chi connectivity index (χ1v) is 16.1. The van der Waals surface area contributed by atoms with Gasteiger partial charge in [-0.25, -0.2) is 0 Å². The molecule has 1 unspecified atom stereocenters. The van der Waals surface area contributed by atoms with E-state index in [0.29, 0.717) is 28.5 Å². The van der Waals surface area contributed by atoms with E-state index in [1.807, 2.05) is 60.7 Å². The summed E-state index contributed by atoms with van der Waals surface area (Å²) >= 11 is 6.64. The Labute approximate surface area is 260 Å². The van der Waals surface area contributed by atoms with E-state index in [1.54, 1.807) is 36.4 Å². The third kappa shape index (κ3) is 7.74. The van der Waals surface area contributed by atoms with Gasteiger partial charge in [0, 0.05) is 23.1 Å². The lowest BCUT2D eigenvalue weighted by atomic mass is 9.90. The van der Waals surface area contributed by atoms with E-state index in [0.717, 1.165) is 39.6 Å². The maximum absolute atomic E-state index is 13.7. The molecule has 5 aromatic rings. The Balaban J connectivity index is 1.33. The highest BCUT2D eigenvalue weighted by atomic mass is 35.5. The zero-order chi connectivity index (χ0) is 31.3. The summed E-state index contributed by atoms with van der Waals surface area (Å²) in [5.41, 5.74) is 5.18. The average molecular weight is 631 g/mol. The molecular formula is C34H31ClN2O6S. The summed E-state index contributed by atoms with van der Waals surface area (Å²) in [6, 6.07) is 29.7. The van der Waals surface area contributed by atoms with E-state index in [-0.39, 0.29) is 12.5 Å². The fraction of sp³-hybridized carbons (Fsp3) is 0.176. The van der Waals surface area contributed by atoms with Gasteiger partial charge in [-0.05, 0) is 72.0 Å². The molecule has 0 bridgehead atoms. The number of rotatable bonds is 11. The molecule has 10 heteroatoms. The molecule has 0 saturated heterocycles. The van der Waals surface area contributed by atoms with E-state index < -0.39 is 27.7 Å². The van der Waals surface area contributed by atoms with Crippen molar-refractivity contribution < 1.29 is 27.0 Å². The van der Waals surface area contributed by atoms with Crippen LogP contribution in [0.1, 0.15) is 39.9 Å². The van der Waals surface area contributed by atoms with Gasteiger partial charge < -0.3 is 15.1 Å². The number of para-hydroxylation sites is 1. The summed E-state index contributed by atoms with van der Waals surface area (Å²) in [6.45, 7) is 1.86. The Morgan fingerprint density at radius 1 is 0.909 bits per heavy atom. The van der Waals surface area contributed by atoms with Gasteiger partial charge in [0.2, 0.25) is 5.91 Å². The van der Waals surface area contributed by atoms with E-state index >= 15 is 0 Å². The molecule has 3 N–H and O–H groups in total. The monoisotopic (exact) mass is 630 g/mol. The highest BCUT2D eigenvalue weighted by molar-refractivity contribution is 7.85. The van der Waals surface area contributed by atoms with Crippen molar-refractivity contribution in [2.24, 2.45) is 0 Å². The Hall–Kier alpha value is -4.44. The Morgan fingerprint density at radius 2 is 1.61 bits per heavy atom. The minimum atomic E-state index is -4.17. The Kier molecular flexibility index (Phi) is 9.49. The molecule has 4 aromatic carbocycles. The smallest absolute Gasteiger partial charge is 0.266 e. The van der Waals surface area contributed by atoms with Crippen LogP contribution in [0.15, 0.2) is 101 Å². The summed E-state index contributed by atoms with van der Waals surface area (Å²) in [7, 11) is -4.17. The molecule has 1 heterocycles. The number of furan rings is 1. The summed E-state index contributed by atoms with van der Waals surface area (Å²) in [4.78, 5) is 26.1. The van der Waals surface area contributed by atoms with Gasteiger partial charge in [-0.3, -0.25) is 14.1 Å². The molecule has 2 amide bonds. The van der Waals surface area contributed by atoms with Crippen LogP contribution in [0.5, 0.6) is 0 Å². The molecule has 0 aliphatic heterocycles. The fourth-order valence-electron chi connectivity index (χ4n) is 4.88. The van der Waals surface area contributed by atoms with Gasteiger partial charge in [0.15, 0.2) is 0 Å². The lowest BCUT2D eigenvalue weighted by molar-refractivity contribution is -0.117. The van der Waals surface area contributed by atoms with E-state index in [4.69, 9.17) is 20.6 Å². The lowest BCUT2D eigenvalue weighted by Crippen LogP contribution is -2.28. The molecule has 226 valence electrons. The third-order valence-electron chi connectivity index (χ3n) is 7.35. The van der Waals surface area contributed by atoms with Crippen LogP contribution in [0.25, 0.3) is 22.3 Å². The van der Waals surface area contributed by atoms with Gasteiger partial charge in [-0.2, -0.15) is 8.42 Å². The fourth-order valence-corrected chi connectivity index (χ4v) is 5.47. The van der Waals surface area contributed by atoms with Crippen LogP contribution in [0, 0.1) is 0 Å². The number of benzene rings is 4. The number of nitrogens with one attached hydrogen (secondary N) is 2. The summed E-state index contributed by atoms with van der Waals surface area (Å²) in [6.07, 6.45) is 1.23. The van der Waals surface area contributed by atoms with Gasteiger partial charge in [0.25, 0.3) is 16.0 Å². The van der Waals surface area contributed by atoms with Crippen LogP contribution in [0.3, 0.4) is 0 Å². The van der Waals surface area contributed by atoms with E-state index in [9.17, 15) is 18.0 Å². The zero-order valence-corrected chi connectivity index (χ0v) is 25.5. The van der Waals surface area contributed by atoms with E-state index in [1.165, 1.54) is 0 Å². The molecule has 0 radical (unpaired) electrons. The summed E-state index contributed by atoms with van der Waals surface area (Å²) in [5.74, 6) is -1.15. The first-order valence-electron chi connectivity index (χ1n) is 14.1. The second kappa shape index (κ2) is 13.5. The van der Waals surface area contributed by atoms with Crippen LogP contribution in [0.4, 0.5) is 5.69 Å². The minimum Gasteiger partial charge on any atom is -0.456 e. The number of aryl methyl sites for hydroxylation is 1. The summed E-state index contributed by atoms with van der Waals surface area (Å²) in [5, 5.41) is 6.82. The predicted octanol–water partition coefficient (Wildman–Crippen LogP) is 6.90. The van der Waals surface area contributed by atoms with Crippen molar-refractivity contribution in [1.29, 1.82) is 0 Å². The lowest BCUT2D eigenvalue weighted by Gasteiger charge is -2.19. The number of carbonyl (C=O) groups is 2. The number of anilines is 1. The Bertz CT molecular complexity index is 1870. The van der Waals surface area contributed by atoms with Crippen LogP contribution in [-0.4, -0.2) is 37.1 Å². The van der Waals surface area contributed by atoms with Crippen molar-refractivity contribution in [2.75, 3.05) is 17.6 Å². The highest BCUT2D eigenvalue weighted by Crippen LogP contribution is 2.33. The van der Waals surface area contributed by atoms with Crippen LogP contribution in [0.2, 0.25) is 5.02 Å². The predicted molar refractivity (Wildman–Crippen MR) is 173 cm³/mol. The van der Waals surface area contributed by atoms with Gasteiger partial charge in [0.05, 0.1) is 22.4 Å². The van der Waals surface area contributed by atoms with Crippen molar-refractivity contribution in [3.8, 4) is 11.3 Å². The number of halogens is 1. The quantitative estimate of drug-likeness (QED) is 0.136. The van der Waals surface area contributed by atoms with Crippen LogP contribution < -0.4 is 10.6 Å². The number of carbonyl (C=O) groups excluding carboxylic acids is 2. The molecule has 0 spiro atoms. The van der Waals surface area contributed by atoms with Crippen LogP contribution >= 0.6 is 11.6 Å². The second-order valence-corrected chi connectivity index (χ2v) is 12.4. The normalized spacial score (nSPS) is 12.2. The largest absolute Gasteiger partial charge is 0.456 e. The van der Waals surface area contributed by atoms with Gasteiger partial charge in [0.1, 0.15) is 11.3 Å². The maximum atomic E-state index is 13.7. The first kappa shape index (κ1) is 31.0. The molecule has 0 aliphatic rings. The van der Waals surface area contributed by atoms with Crippen LogP contribution in [-0.2, 0) is 27.8 Å². The topological polar surface area (TPSA) is 126 Å². The number of hydrogen-bond donors (Lipinski definition) is 3. The minimum absolute atomic E-state index is 0.211. The standard InChI is InChI=1S/C34H31ClN2O6S/c1-2-22-7-11-24(12-8-22)28(19-23-9-13-25(14-10-23)33(38)36-17-18-44(40,41)42)34(39)37-30-16-15-27(20-29(30)35)32-21-26-5-3-4-6-31(26)43-32/h3-16,20-21,28H,2,17-19H2,1H3,(H,36,38)(H,37,39)(H,40,41,42). The molecule has 44 heavy (non-hydrogen) atoms. The number of amides is 2. The summed E-state index contributed by atoms with van der Waals surface area (Å²) < 4.78 is 36.6. The van der Waals surface area contributed by atoms with E-state index in [2.05, 4.69) is 17.6 Å². The van der Waals surface area contributed by atoms with Gasteiger partial charge in [-0.1, -0.05) is 73.1 Å². The maximum Gasteiger partial charge on any atom is 0.266 e. The number of hydrogen-bond acceptors (Lipinski definition) is 5. The molecule has 0 aliphatic carbocycles. The number of fused-ring (bicyclic) bond motifs is 1. The van der Waals surface area contributed by atoms with Gasteiger partial charge >= 0.3 is 0 Å². The second-order valence-electron chi connectivity index (χ2n) is 10.4. The Morgan fingerprint density at radius 3 is 2.27 bits per heavy atom. The first-order chi connectivity index (χ1) is 21.1. The molecule has 5 rings (SSSR count). The SMILES string of the molecule is CCc1ccc(C(Cc2ccc(C(=O)NCCS(=O)(=O)O)cc2)C(=O)Nc2ccc(-c3cc4ccccc4o3)cc2Cl)cc1. The average Bonchev–Trinajstić information content (AvgIpc) is 3.45.